The standard InChI is InChI=1S/C19H19F3O5/c1-10-9-13(25-3)17(26-4)18(27-5)14(10)16(23)15-11(19(20,21)22)7-6-8-12(15)24-2/h6-9H,1-5H3. The molecule has 146 valence electrons. The Morgan fingerprint density at radius 3 is 1.93 bits per heavy atom. The normalized spacial score (nSPS) is 11.1. The van der Waals surface area contributed by atoms with Crippen molar-refractivity contribution in [3.05, 3.63) is 46.5 Å². The summed E-state index contributed by atoms with van der Waals surface area (Å²) in [5, 5.41) is 0. The molecule has 5 nitrogen and oxygen atoms in total. The Morgan fingerprint density at radius 1 is 0.852 bits per heavy atom. The summed E-state index contributed by atoms with van der Waals surface area (Å²) >= 11 is 0. The predicted molar refractivity (Wildman–Crippen MR) is 92.3 cm³/mol. The summed E-state index contributed by atoms with van der Waals surface area (Å²) < 4.78 is 61.3. The lowest BCUT2D eigenvalue weighted by atomic mass is 9.93. The maximum Gasteiger partial charge on any atom is 0.417 e. The van der Waals surface area contributed by atoms with E-state index in [9.17, 15) is 18.0 Å². The summed E-state index contributed by atoms with van der Waals surface area (Å²) in [7, 11) is 5.24. The van der Waals surface area contributed by atoms with E-state index in [4.69, 9.17) is 18.9 Å². The largest absolute Gasteiger partial charge is 0.496 e. The zero-order chi connectivity index (χ0) is 20.4. The summed E-state index contributed by atoms with van der Waals surface area (Å²) in [5.41, 5.74) is -1.39. The molecule has 2 aromatic rings. The predicted octanol–water partition coefficient (Wildman–Crippen LogP) is 4.28. The van der Waals surface area contributed by atoms with Crippen molar-refractivity contribution in [3.8, 4) is 23.0 Å². The molecule has 0 radical (unpaired) electrons. The Balaban J connectivity index is 2.84. The fourth-order valence-corrected chi connectivity index (χ4v) is 2.86. The number of carbonyl (C=O) groups is 1. The molecule has 0 amide bonds. The van der Waals surface area contributed by atoms with Gasteiger partial charge in [0.2, 0.25) is 11.5 Å². The number of hydrogen-bond acceptors (Lipinski definition) is 5. The van der Waals surface area contributed by atoms with E-state index < -0.39 is 23.1 Å². The van der Waals surface area contributed by atoms with Gasteiger partial charge in [0, 0.05) is 0 Å². The fourth-order valence-electron chi connectivity index (χ4n) is 2.86. The van der Waals surface area contributed by atoms with Gasteiger partial charge < -0.3 is 18.9 Å². The van der Waals surface area contributed by atoms with Crippen molar-refractivity contribution in [3.63, 3.8) is 0 Å². The molecule has 0 fully saturated rings. The Labute approximate surface area is 154 Å². The number of benzene rings is 2. The first-order valence-electron chi connectivity index (χ1n) is 7.79. The molecule has 0 N–H and O–H groups in total. The molecule has 2 aromatic carbocycles. The Kier molecular flexibility index (Phi) is 5.88. The first-order valence-corrected chi connectivity index (χ1v) is 7.79. The Morgan fingerprint density at radius 2 is 1.44 bits per heavy atom. The van der Waals surface area contributed by atoms with Crippen LogP contribution in [0.25, 0.3) is 0 Å². The van der Waals surface area contributed by atoms with E-state index in [1.54, 1.807) is 6.92 Å². The summed E-state index contributed by atoms with van der Waals surface area (Å²) in [4.78, 5) is 13.2. The molecule has 0 saturated heterocycles. The van der Waals surface area contributed by atoms with Gasteiger partial charge in [-0.05, 0) is 30.7 Å². The molecule has 0 bridgehead atoms. The maximum atomic E-state index is 13.5. The van der Waals surface area contributed by atoms with Gasteiger partial charge in [-0.1, -0.05) is 6.07 Å². The minimum absolute atomic E-state index is 0.0154. The number of carbonyl (C=O) groups excluding carboxylic acids is 1. The summed E-state index contributed by atoms with van der Waals surface area (Å²) in [5.74, 6) is -0.698. The van der Waals surface area contributed by atoms with Gasteiger partial charge in [-0.3, -0.25) is 4.79 Å². The zero-order valence-corrected chi connectivity index (χ0v) is 15.5. The zero-order valence-electron chi connectivity index (χ0n) is 15.5. The monoisotopic (exact) mass is 384 g/mol. The number of alkyl halides is 3. The average Bonchev–Trinajstić information content (AvgIpc) is 2.64. The van der Waals surface area contributed by atoms with Gasteiger partial charge in [-0.15, -0.1) is 0 Å². The molecule has 0 aliphatic heterocycles. The highest BCUT2D eigenvalue weighted by atomic mass is 19.4. The highest BCUT2D eigenvalue weighted by Gasteiger charge is 2.38. The van der Waals surface area contributed by atoms with Crippen molar-refractivity contribution in [2.45, 2.75) is 13.1 Å². The molecular weight excluding hydrogens is 365 g/mol. The highest BCUT2D eigenvalue weighted by Crippen LogP contribution is 2.45. The smallest absolute Gasteiger partial charge is 0.417 e. The van der Waals surface area contributed by atoms with Crippen molar-refractivity contribution in [2.24, 2.45) is 0 Å². The van der Waals surface area contributed by atoms with E-state index >= 15 is 0 Å². The van der Waals surface area contributed by atoms with E-state index in [1.165, 1.54) is 46.6 Å². The van der Waals surface area contributed by atoms with Gasteiger partial charge in [0.25, 0.3) is 0 Å². The van der Waals surface area contributed by atoms with Crippen LogP contribution in [0.5, 0.6) is 23.0 Å². The van der Waals surface area contributed by atoms with Crippen molar-refractivity contribution < 1.29 is 36.9 Å². The van der Waals surface area contributed by atoms with Crippen LogP contribution < -0.4 is 18.9 Å². The highest BCUT2D eigenvalue weighted by molar-refractivity contribution is 6.15. The molecule has 0 heterocycles. The quantitative estimate of drug-likeness (QED) is 0.696. The number of rotatable bonds is 6. The fraction of sp³-hybridized carbons (Fsp3) is 0.316. The van der Waals surface area contributed by atoms with E-state index in [-0.39, 0.29) is 22.8 Å². The molecule has 2 rings (SSSR count). The average molecular weight is 384 g/mol. The number of ether oxygens (including phenoxy) is 4. The molecule has 0 atom stereocenters. The van der Waals surface area contributed by atoms with Crippen molar-refractivity contribution in [1.82, 2.24) is 0 Å². The van der Waals surface area contributed by atoms with Gasteiger partial charge in [-0.2, -0.15) is 13.2 Å². The minimum atomic E-state index is -4.74. The van der Waals surface area contributed by atoms with Crippen molar-refractivity contribution >= 4 is 5.78 Å². The molecule has 0 spiro atoms. The second-order valence-corrected chi connectivity index (χ2v) is 5.55. The van der Waals surface area contributed by atoms with E-state index in [0.717, 1.165) is 6.07 Å². The van der Waals surface area contributed by atoms with Crippen molar-refractivity contribution in [1.29, 1.82) is 0 Å². The number of ketones is 1. The summed E-state index contributed by atoms with van der Waals surface area (Å²) in [6, 6.07) is 4.80. The Bertz CT molecular complexity index is 859. The van der Waals surface area contributed by atoms with Crippen molar-refractivity contribution in [2.75, 3.05) is 28.4 Å². The molecular formula is C19H19F3O5. The molecule has 0 unspecified atom stereocenters. The number of halogens is 3. The number of aryl methyl sites for hydroxylation is 1. The minimum Gasteiger partial charge on any atom is -0.496 e. The Hall–Kier alpha value is -2.90. The van der Waals surface area contributed by atoms with E-state index in [0.29, 0.717) is 11.3 Å². The van der Waals surface area contributed by atoms with Gasteiger partial charge in [0.15, 0.2) is 11.5 Å². The molecule has 0 saturated carbocycles. The van der Waals surface area contributed by atoms with Crippen LogP contribution in [0.3, 0.4) is 0 Å². The number of hydrogen-bond donors (Lipinski definition) is 0. The van der Waals surface area contributed by atoms with E-state index in [1.807, 2.05) is 0 Å². The summed E-state index contributed by atoms with van der Waals surface area (Å²) in [6.07, 6.45) is -4.74. The molecule has 0 aliphatic rings. The van der Waals surface area contributed by atoms with Crippen LogP contribution >= 0.6 is 0 Å². The van der Waals surface area contributed by atoms with Crippen LogP contribution in [0.15, 0.2) is 24.3 Å². The third-order valence-electron chi connectivity index (χ3n) is 4.03. The molecule has 8 heteroatoms. The SMILES string of the molecule is COc1cc(C)c(C(=O)c2c(OC)cccc2C(F)(F)F)c(OC)c1OC. The lowest BCUT2D eigenvalue weighted by Gasteiger charge is -2.20. The first-order chi connectivity index (χ1) is 12.7. The molecule has 27 heavy (non-hydrogen) atoms. The van der Waals surface area contributed by atoms with Gasteiger partial charge in [0.1, 0.15) is 5.75 Å². The van der Waals surface area contributed by atoms with Crippen LogP contribution in [0, 0.1) is 6.92 Å². The summed E-state index contributed by atoms with van der Waals surface area (Å²) in [6.45, 7) is 1.57. The third kappa shape index (κ3) is 3.65. The topological polar surface area (TPSA) is 54.0 Å². The van der Waals surface area contributed by atoms with Gasteiger partial charge in [-0.25, -0.2) is 0 Å². The lowest BCUT2D eigenvalue weighted by molar-refractivity contribution is -0.138. The van der Waals surface area contributed by atoms with E-state index in [2.05, 4.69) is 0 Å². The van der Waals surface area contributed by atoms with Crippen LogP contribution in [-0.2, 0) is 6.18 Å². The van der Waals surface area contributed by atoms with Crippen LogP contribution in [0.4, 0.5) is 13.2 Å². The first kappa shape index (κ1) is 20.4. The lowest BCUT2D eigenvalue weighted by Crippen LogP contribution is -2.17. The van der Waals surface area contributed by atoms with Crippen LogP contribution in [0.1, 0.15) is 27.0 Å². The number of methoxy groups -OCH3 is 4. The second kappa shape index (κ2) is 7.77. The van der Waals surface area contributed by atoms with Gasteiger partial charge in [0.05, 0.1) is 45.1 Å². The maximum absolute atomic E-state index is 13.5. The second-order valence-electron chi connectivity index (χ2n) is 5.55. The van der Waals surface area contributed by atoms with Crippen LogP contribution in [-0.4, -0.2) is 34.2 Å². The molecule has 0 aromatic heterocycles. The van der Waals surface area contributed by atoms with Gasteiger partial charge >= 0.3 is 6.18 Å². The molecule has 0 aliphatic carbocycles. The third-order valence-corrected chi connectivity index (χ3v) is 4.03. The van der Waals surface area contributed by atoms with Crippen LogP contribution in [0.2, 0.25) is 0 Å².